The largest absolute Gasteiger partial charge is 0.478 e. The van der Waals surface area contributed by atoms with Gasteiger partial charge >= 0.3 is 11.9 Å². The summed E-state index contributed by atoms with van der Waals surface area (Å²) in [5.74, 6) is -3.41. The molecule has 0 radical (unpaired) electrons. The topological polar surface area (TPSA) is 173 Å². The number of carbonyl (C=O) groups is 4. The van der Waals surface area contributed by atoms with Crippen molar-refractivity contribution in [3.05, 3.63) is 70.8 Å². The van der Waals surface area contributed by atoms with Gasteiger partial charge in [-0.2, -0.15) is 0 Å². The molecule has 2 amide bonds. The Labute approximate surface area is 252 Å². The molecule has 5 aromatic carbocycles. The number of carboxylic acid groups (broad SMARTS) is 2. The number of amides is 2. The summed E-state index contributed by atoms with van der Waals surface area (Å²) < 4.78 is 0. The van der Waals surface area contributed by atoms with Gasteiger partial charge in [-0.05, 0) is 56.6 Å². The lowest BCUT2D eigenvalue weighted by molar-refractivity contribution is 0.0695. The fourth-order valence-electron chi connectivity index (χ4n) is 5.57. The lowest BCUT2D eigenvalue weighted by Crippen LogP contribution is -2.37. The number of rotatable bonds is 10. The lowest BCUT2D eigenvalue weighted by Gasteiger charge is -2.24. The molecule has 0 aromatic heterocycles. The van der Waals surface area contributed by atoms with Crippen LogP contribution in [0.3, 0.4) is 0 Å². The summed E-state index contributed by atoms with van der Waals surface area (Å²) in [6.07, 6.45) is 0. The first-order valence-corrected chi connectivity index (χ1v) is 14.2. The molecule has 0 saturated heterocycles. The molecule has 0 aliphatic rings. The number of carbonyl (C=O) groups excluding carboxylic acids is 2. The van der Waals surface area contributed by atoms with Crippen molar-refractivity contribution in [2.75, 3.05) is 26.3 Å². The molecule has 44 heavy (non-hydrogen) atoms. The van der Waals surface area contributed by atoms with Crippen LogP contribution in [0.1, 0.15) is 69.1 Å². The van der Waals surface area contributed by atoms with Gasteiger partial charge in [0.1, 0.15) is 0 Å². The highest BCUT2D eigenvalue weighted by atomic mass is 16.4. The Morgan fingerprint density at radius 1 is 0.523 bits per heavy atom. The quantitative estimate of drug-likeness (QED) is 0.0997. The average molecular weight is 599 g/mol. The summed E-state index contributed by atoms with van der Waals surface area (Å²) >= 11 is 0. The van der Waals surface area contributed by atoms with Crippen LogP contribution in [0, 0.1) is 10.8 Å². The molecular weight excluding hydrogens is 564 g/mol. The molecule has 5 rings (SSSR count). The van der Waals surface area contributed by atoms with Crippen LogP contribution in [0.2, 0.25) is 0 Å². The molecule has 0 aliphatic heterocycles. The van der Waals surface area contributed by atoms with Crippen molar-refractivity contribution in [2.24, 2.45) is 10.8 Å². The number of fused-ring (bicyclic) bond motifs is 2. The average Bonchev–Trinajstić information content (AvgIpc) is 3.00. The summed E-state index contributed by atoms with van der Waals surface area (Å²) in [6, 6.07) is 12.6. The van der Waals surface area contributed by atoms with E-state index in [4.69, 9.17) is 0 Å². The minimum Gasteiger partial charge on any atom is -0.478 e. The van der Waals surface area contributed by atoms with Crippen LogP contribution in [0.25, 0.3) is 43.1 Å². The number of nitrogens with one attached hydrogen (secondary N) is 2. The number of hydrogen-bond donors (Lipinski definition) is 6. The van der Waals surface area contributed by atoms with E-state index in [1.165, 1.54) is 12.1 Å². The van der Waals surface area contributed by atoms with Crippen molar-refractivity contribution in [2.45, 2.75) is 27.7 Å². The van der Waals surface area contributed by atoms with E-state index in [0.717, 1.165) is 0 Å². The van der Waals surface area contributed by atoms with Crippen molar-refractivity contribution in [3.8, 4) is 0 Å². The molecule has 0 saturated carbocycles. The molecule has 0 bridgehead atoms. The van der Waals surface area contributed by atoms with Crippen LogP contribution in [0.4, 0.5) is 0 Å². The van der Waals surface area contributed by atoms with Gasteiger partial charge in [0.15, 0.2) is 0 Å². The van der Waals surface area contributed by atoms with E-state index >= 15 is 0 Å². The maximum Gasteiger partial charge on any atom is 0.336 e. The molecule has 0 fully saturated rings. The van der Waals surface area contributed by atoms with Crippen LogP contribution in [-0.4, -0.2) is 70.5 Å². The predicted octanol–water partition coefficient (Wildman–Crippen LogP) is 4.63. The molecule has 0 heterocycles. The van der Waals surface area contributed by atoms with E-state index in [1.807, 2.05) is 0 Å². The molecule has 0 unspecified atom stereocenters. The zero-order valence-electron chi connectivity index (χ0n) is 24.9. The van der Waals surface area contributed by atoms with Gasteiger partial charge < -0.3 is 31.1 Å². The maximum atomic E-state index is 13.7. The Hall–Kier alpha value is -4.80. The van der Waals surface area contributed by atoms with E-state index in [0.29, 0.717) is 37.7 Å². The maximum absolute atomic E-state index is 13.7. The second-order valence-corrected chi connectivity index (χ2v) is 12.8. The van der Waals surface area contributed by atoms with Gasteiger partial charge in [0.05, 0.1) is 11.1 Å². The number of hydrogen-bond acceptors (Lipinski definition) is 6. The normalized spacial score (nSPS) is 12.3. The number of aliphatic hydroxyl groups excluding tert-OH is 2. The van der Waals surface area contributed by atoms with E-state index < -0.39 is 34.6 Å². The van der Waals surface area contributed by atoms with Gasteiger partial charge in [0.25, 0.3) is 11.8 Å². The second-order valence-electron chi connectivity index (χ2n) is 12.8. The SMILES string of the molecule is CC(C)(CO)CNC(=O)c1ccc2c3ccc(C(=O)O)c4c(C(=O)O)ccc(c5ccc(C(=O)NCC(C)(C)CO)c1c25)c43. The van der Waals surface area contributed by atoms with Crippen LogP contribution in [-0.2, 0) is 0 Å². The van der Waals surface area contributed by atoms with Crippen LogP contribution in [0.5, 0.6) is 0 Å². The molecule has 6 N–H and O–H groups in total. The fraction of sp³-hybridized carbons (Fsp3) is 0.294. The van der Waals surface area contributed by atoms with Gasteiger partial charge in [-0.25, -0.2) is 9.59 Å². The van der Waals surface area contributed by atoms with Gasteiger partial charge in [-0.3, -0.25) is 9.59 Å². The third-order valence-electron chi connectivity index (χ3n) is 8.16. The third kappa shape index (κ3) is 5.16. The zero-order valence-corrected chi connectivity index (χ0v) is 24.9. The number of aromatic carboxylic acids is 2. The summed E-state index contributed by atoms with van der Waals surface area (Å²) in [5.41, 5.74) is -1.00. The highest BCUT2D eigenvalue weighted by molar-refractivity contribution is 6.38. The van der Waals surface area contributed by atoms with Crippen molar-refractivity contribution in [3.63, 3.8) is 0 Å². The summed E-state index contributed by atoms with van der Waals surface area (Å²) in [6.45, 7) is 7.28. The van der Waals surface area contributed by atoms with Crippen molar-refractivity contribution in [1.82, 2.24) is 10.6 Å². The molecule has 0 atom stereocenters. The Morgan fingerprint density at radius 2 is 0.818 bits per heavy atom. The van der Waals surface area contributed by atoms with E-state index in [1.54, 1.807) is 64.1 Å². The summed E-state index contributed by atoms with van der Waals surface area (Å²) in [4.78, 5) is 51.7. The third-order valence-corrected chi connectivity index (χ3v) is 8.16. The molecule has 10 nitrogen and oxygen atoms in total. The standard InChI is InChI=1S/C34H34N2O8/c1-33(2,15-37)13-35-29(39)21-9-5-17-19-7-11-23(31(41)42)28-24(32(43)44)12-8-20(26(19)28)18-6-10-22(27(21)25(17)18)30(40)36-14-34(3,4)16-38/h5-12,37-38H,13-16H2,1-4H3,(H,35,39)(H,36,40)(H,41,42)(H,43,44). The molecule has 0 spiro atoms. The van der Waals surface area contributed by atoms with Crippen LogP contribution >= 0.6 is 0 Å². The fourth-order valence-corrected chi connectivity index (χ4v) is 5.57. The highest BCUT2D eigenvalue weighted by Gasteiger charge is 2.27. The van der Waals surface area contributed by atoms with Gasteiger partial charge in [-0.15, -0.1) is 0 Å². The van der Waals surface area contributed by atoms with Crippen molar-refractivity contribution < 1.29 is 39.6 Å². The van der Waals surface area contributed by atoms with Crippen molar-refractivity contribution in [1.29, 1.82) is 0 Å². The summed E-state index contributed by atoms with van der Waals surface area (Å²) in [7, 11) is 0. The van der Waals surface area contributed by atoms with Crippen molar-refractivity contribution >= 4 is 66.8 Å². The van der Waals surface area contributed by atoms with E-state index in [2.05, 4.69) is 10.6 Å². The predicted molar refractivity (Wildman–Crippen MR) is 168 cm³/mol. The van der Waals surface area contributed by atoms with E-state index in [9.17, 15) is 39.6 Å². The molecule has 228 valence electrons. The first kappa shape index (κ1) is 30.7. The minimum absolute atomic E-state index is 0.0971. The Kier molecular flexibility index (Phi) is 7.69. The Bertz CT molecular complexity index is 1860. The first-order chi connectivity index (χ1) is 20.7. The number of benzene rings is 5. The highest BCUT2D eigenvalue weighted by Crippen LogP contribution is 2.44. The zero-order chi connectivity index (χ0) is 32.1. The number of aliphatic hydroxyl groups is 2. The van der Waals surface area contributed by atoms with Crippen LogP contribution < -0.4 is 10.6 Å². The van der Waals surface area contributed by atoms with E-state index in [-0.39, 0.29) is 53.9 Å². The van der Waals surface area contributed by atoms with Gasteiger partial charge in [0, 0.05) is 59.0 Å². The monoisotopic (exact) mass is 598 g/mol. The molecular formula is C34H34N2O8. The number of carboxylic acids is 2. The lowest BCUT2D eigenvalue weighted by atomic mass is 9.84. The smallest absolute Gasteiger partial charge is 0.336 e. The van der Waals surface area contributed by atoms with Crippen LogP contribution in [0.15, 0.2) is 48.5 Å². The molecule has 0 aliphatic carbocycles. The summed E-state index contributed by atoms with van der Waals surface area (Å²) in [5, 5.41) is 48.9. The van der Waals surface area contributed by atoms with Gasteiger partial charge in [-0.1, -0.05) is 52.0 Å². The minimum atomic E-state index is -1.26. The molecule has 5 aromatic rings. The second kappa shape index (κ2) is 11.0. The Balaban J connectivity index is 1.87. The molecule has 10 heteroatoms. The first-order valence-electron chi connectivity index (χ1n) is 14.2. The Morgan fingerprint density at radius 3 is 1.11 bits per heavy atom. The van der Waals surface area contributed by atoms with Gasteiger partial charge in [0.2, 0.25) is 0 Å².